The van der Waals surface area contributed by atoms with Crippen LogP contribution in [0.2, 0.25) is 10.0 Å². The molecular formula is C29H32Cl2N2O5. The standard InChI is InChI=1S/C29H32Cl2N2O5/c1-5-19-14-15-24(34)33(6-2)17(3)25(27(19)35)20-12-10-18(11-13-20)16-23(29(37)38-4)32-28(36)26-21(30)8-7-9-22(26)31/h7-13,19,23H,5-6,14-16H2,1-4H3,(H,32,36)/t19?,23-/m0/s1. The Bertz CT molecular complexity index is 1240. The molecule has 9 heteroatoms. The van der Waals surface area contributed by atoms with Crippen LogP contribution in [0, 0.1) is 5.92 Å². The molecule has 3 rings (SSSR count). The van der Waals surface area contributed by atoms with E-state index in [1.165, 1.54) is 19.2 Å². The maximum absolute atomic E-state index is 13.5. The van der Waals surface area contributed by atoms with Crippen LogP contribution >= 0.6 is 23.2 Å². The molecule has 38 heavy (non-hydrogen) atoms. The third kappa shape index (κ3) is 6.45. The minimum Gasteiger partial charge on any atom is -0.467 e. The molecule has 0 aromatic heterocycles. The molecule has 7 nitrogen and oxygen atoms in total. The fourth-order valence-electron chi connectivity index (χ4n) is 4.75. The van der Waals surface area contributed by atoms with Gasteiger partial charge in [-0.3, -0.25) is 14.4 Å². The molecular weight excluding hydrogens is 527 g/mol. The number of amides is 2. The van der Waals surface area contributed by atoms with Crippen molar-refractivity contribution in [1.29, 1.82) is 0 Å². The van der Waals surface area contributed by atoms with Gasteiger partial charge in [0.15, 0.2) is 5.78 Å². The van der Waals surface area contributed by atoms with Crippen molar-refractivity contribution in [2.24, 2.45) is 5.92 Å². The Hall–Kier alpha value is -3.16. The molecule has 2 atom stereocenters. The summed E-state index contributed by atoms with van der Waals surface area (Å²) in [6.07, 6.45) is 1.67. The highest BCUT2D eigenvalue weighted by atomic mass is 35.5. The molecule has 0 saturated carbocycles. The molecule has 0 aliphatic carbocycles. The van der Waals surface area contributed by atoms with Crippen LogP contribution in [0.3, 0.4) is 0 Å². The van der Waals surface area contributed by atoms with Crippen LogP contribution < -0.4 is 5.32 Å². The van der Waals surface area contributed by atoms with Crippen LogP contribution in [0.4, 0.5) is 0 Å². The third-order valence-electron chi connectivity index (χ3n) is 6.86. The van der Waals surface area contributed by atoms with Crippen LogP contribution in [0.1, 0.15) is 61.5 Å². The molecule has 1 unspecified atom stereocenters. The number of allylic oxidation sites excluding steroid dienone is 2. The van der Waals surface area contributed by atoms with E-state index < -0.39 is 17.9 Å². The van der Waals surface area contributed by atoms with Gasteiger partial charge in [-0.2, -0.15) is 0 Å². The number of methoxy groups -OCH3 is 1. The first-order valence-electron chi connectivity index (χ1n) is 12.6. The first kappa shape index (κ1) is 29.4. The average molecular weight is 559 g/mol. The minimum absolute atomic E-state index is 0.0142. The van der Waals surface area contributed by atoms with E-state index in [1.807, 2.05) is 20.8 Å². The van der Waals surface area contributed by atoms with Gasteiger partial charge >= 0.3 is 5.97 Å². The van der Waals surface area contributed by atoms with Crippen LogP contribution in [-0.4, -0.2) is 48.2 Å². The fraction of sp³-hybridized carbons (Fsp3) is 0.379. The molecule has 0 saturated heterocycles. The number of ketones is 1. The topological polar surface area (TPSA) is 92.8 Å². The monoisotopic (exact) mass is 558 g/mol. The summed E-state index contributed by atoms with van der Waals surface area (Å²) in [5, 5.41) is 3.00. The lowest BCUT2D eigenvalue weighted by molar-refractivity contribution is -0.142. The highest BCUT2D eigenvalue weighted by Crippen LogP contribution is 2.32. The molecule has 0 spiro atoms. The summed E-state index contributed by atoms with van der Waals surface area (Å²) in [6, 6.07) is 10.9. The Balaban J connectivity index is 1.90. The molecule has 1 aliphatic rings. The van der Waals surface area contributed by atoms with Gasteiger partial charge in [-0.15, -0.1) is 0 Å². The van der Waals surface area contributed by atoms with Crippen molar-refractivity contribution in [2.45, 2.75) is 52.5 Å². The molecule has 0 radical (unpaired) electrons. The number of hydrogen-bond donors (Lipinski definition) is 1. The Morgan fingerprint density at radius 3 is 2.26 bits per heavy atom. The van der Waals surface area contributed by atoms with Gasteiger partial charge in [0, 0.05) is 36.6 Å². The largest absolute Gasteiger partial charge is 0.467 e. The van der Waals surface area contributed by atoms with Crippen LogP contribution in [0.25, 0.3) is 5.57 Å². The average Bonchev–Trinajstić information content (AvgIpc) is 2.89. The molecule has 1 heterocycles. The number of nitrogens with zero attached hydrogens (tertiary/aromatic N) is 1. The maximum Gasteiger partial charge on any atom is 0.328 e. The van der Waals surface area contributed by atoms with Crippen LogP contribution in [0.5, 0.6) is 0 Å². The summed E-state index contributed by atoms with van der Waals surface area (Å²) in [4.78, 5) is 53.3. The van der Waals surface area contributed by atoms with Crippen molar-refractivity contribution >= 4 is 52.3 Å². The zero-order chi connectivity index (χ0) is 28.0. The zero-order valence-electron chi connectivity index (χ0n) is 22.0. The van der Waals surface area contributed by atoms with Crippen LogP contribution in [0.15, 0.2) is 48.2 Å². The second kappa shape index (κ2) is 13.1. The van der Waals surface area contributed by atoms with Gasteiger partial charge in [0.1, 0.15) is 6.04 Å². The fourth-order valence-corrected chi connectivity index (χ4v) is 5.32. The number of carbonyl (C=O) groups excluding carboxylic acids is 4. The number of Topliss-reactive ketones (excluding diaryl/α,β-unsaturated/α-hetero) is 1. The quantitative estimate of drug-likeness (QED) is 0.433. The SMILES string of the molecule is CCC1CCC(=O)N(CC)C(C)=C(c2ccc(C[C@H](NC(=O)c3c(Cl)cccc3Cl)C(=O)OC)cc2)C1=O. The van der Waals surface area contributed by atoms with Gasteiger partial charge in [0.05, 0.1) is 22.7 Å². The number of nitrogens with one attached hydrogen (secondary N) is 1. The summed E-state index contributed by atoms with van der Waals surface area (Å²) >= 11 is 12.3. The lowest BCUT2D eigenvalue weighted by Gasteiger charge is -2.29. The predicted molar refractivity (Wildman–Crippen MR) is 148 cm³/mol. The number of carbonyl (C=O) groups is 4. The maximum atomic E-state index is 13.5. The molecule has 0 fully saturated rings. The summed E-state index contributed by atoms with van der Waals surface area (Å²) in [5.41, 5.74) is 2.69. The lowest BCUT2D eigenvalue weighted by Crippen LogP contribution is -2.43. The molecule has 1 aliphatic heterocycles. The first-order chi connectivity index (χ1) is 18.1. The van der Waals surface area contributed by atoms with Crippen molar-refractivity contribution in [3.05, 3.63) is 74.9 Å². The molecule has 2 amide bonds. The molecule has 202 valence electrons. The number of ether oxygens (including phenoxy) is 1. The summed E-state index contributed by atoms with van der Waals surface area (Å²) in [5.74, 6) is -1.40. The lowest BCUT2D eigenvalue weighted by atomic mass is 9.85. The highest BCUT2D eigenvalue weighted by Gasteiger charge is 2.31. The van der Waals surface area contributed by atoms with Gasteiger partial charge in [-0.25, -0.2) is 4.79 Å². The van der Waals surface area contributed by atoms with Gasteiger partial charge < -0.3 is 15.0 Å². The van der Waals surface area contributed by atoms with Crippen molar-refractivity contribution in [1.82, 2.24) is 10.2 Å². The zero-order valence-corrected chi connectivity index (χ0v) is 23.5. The Labute approximate surface area is 233 Å². The number of benzene rings is 2. The first-order valence-corrected chi connectivity index (χ1v) is 13.4. The van der Waals surface area contributed by atoms with Gasteiger partial charge in [0.25, 0.3) is 5.91 Å². The van der Waals surface area contributed by atoms with E-state index in [0.717, 1.165) is 5.56 Å². The summed E-state index contributed by atoms with van der Waals surface area (Å²) < 4.78 is 4.90. The van der Waals surface area contributed by atoms with E-state index in [-0.39, 0.29) is 39.6 Å². The molecule has 1 N–H and O–H groups in total. The van der Waals surface area contributed by atoms with E-state index in [2.05, 4.69) is 5.32 Å². The second-order valence-electron chi connectivity index (χ2n) is 9.15. The van der Waals surface area contributed by atoms with Gasteiger partial charge in [0.2, 0.25) is 5.91 Å². The Morgan fingerprint density at radius 2 is 1.71 bits per heavy atom. The Morgan fingerprint density at radius 1 is 1.08 bits per heavy atom. The van der Waals surface area contributed by atoms with E-state index in [1.54, 1.807) is 35.2 Å². The number of halogens is 2. The second-order valence-corrected chi connectivity index (χ2v) is 9.97. The minimum atomic E-state index is -0.993. The van der Waals surface area contributed by atoms with Gasteiger partial charge in [-0.1, -0.05) is 60.5 Å². The van der Waals surface area contributed by atoms with Crippen molar-refractivity contribution in [2.75, 3.05) is 13.7 Å². The number of rotatable bonds is 8. The smallest absolute Gasteiger partial charge is 0.328 e. The van der Waals surface area contributed by atoms with E-state index in [9.17, 15) is 19.2 Å². The summed E-state index contributed by atoms with van der Waals surface area (Å²) in [7, 11) is 1.24. The predicted octanol–water partition coefficient (Wildman–Crippen LogP) is 5.48. The van der Waals surface area contributed by atoms with E-state index in [4.69, 9.17) is 27.9 Å². The van der Waals surface area contributed by atoms with E-state index >= 15 is 0 Å². The normalized spacial score (nSPS) is 17.1. The molecule has 0 bridgehead atoms. The Kier molecular flexibility index (Phi) is 10.1. The molecule has 2 aromatic rings. The number of hydrogen-bond acceptors (Lipinski definition) is 5. The summed E-state index contributed by atoms with van der Waals surface area (Å²) in [6.45, 7) is 6.14. The van der Waals surface area contributed by atoms with Crippen molar-refractivity contribution in [3.8, 4) is 0 Å². The molecule has 2 aromatic carbocycles. The van der Waals surface area contributed by atoms with Crippen LogP contribution in [-0.2, 0) is 25.5 Å². The highest BCUT2D eigenvalue weighted by molar-refractivity contribution is 6.39. The van der Waals surface area contributed by atoms with Gasteiger partial charge in [-0.05, 0) is 49.9 Å². The van der Waals surface area contributed by atoms with Crippen molar-refractivity contribution in [3.63, 3.8) is 0 Å². The van der Waals surface area contributed by atoms with Crippen molar-refractivity contribution < 1.29 is 23.9 Å². The van der Waals surface area contributed by atoms with E-state index in [0.29, 0.717) is 42.6 Å². The third-order valence-corrected chi connectivity index (χ3v) is 7.49. The number of esters is 1.